The van der Waals surface area contributed by atoms with Gasteiger partial charge < -0.3 is 9.47 Å². The van der Waals surface area contributed by atoms with E-state index in [4.69, 9.17) is 9.47 Å². The Kier molecular flexibility index (Phi) is 5.06. The molecule has 0 aromatic carbocycles. The van der Waals surface area contributed by atoms with Crippen molar-refractivity contribution < 1.29 is 14.3 Å². The van der Waals surface area contributed by atoms with Gasteiger partial charge in [-0.05, 0) is 34.6 Å². The first-order valence-electron chi connectivity index (χ1n) is 6.39. The predicted octanol–water partition coefficient (Wildman–Crippen LogP) is 2.63. The number of Topliss-reactive ketones (excluding diaryl/α,β-unsaturated/α-hetero) is 1. The molecule has 0 amide bonds. The number of aryl methyl sites for hydroxylation is 1. The van der Waals surface area contributed by atoms with E-state index in [9.17, 15) is 4.79 Å². The van der Waals surface area contributed by atoms with E-state index in [2.05, 4.69) is 4.98 Å². The van der Waals surface area contributed by atoms with Crippen LogP contribution in [0.4, 0.5) is 0 Å². The van der Waals surface area contributed by atoms with Crippen molar-refractivity contribution in [3.8, 4) is 5.75 Å². The van der Waals surface area contributed by atoms with Crippen LogP contribution in [0.15, 0.2) is 6.20 Å². The van der Waals surface area contributed by atoms with Crippen LogP contribution in [-0.4, -0.2) is 30.1 Å². The second-order valence-electron chi connectivity index (χ2n) is 5.66. The molecular formula is C15H23NO3. The summed E-state index contributed by atoms with van der Waals surface area (Å²) in [5.74, 6) is 0.825. The van der Waals surface area contributed by atoms with Crippen molar-refractivity contribution in [2.45, 2.75) is 46.6 Å². The number of ketones is 1. The number of ether oxygens (including phenoxy) is 2. The zero-order valence-electron chi connectivity index (χ0n) is 12.7. The molecule has 0 aliphatic rings. The Bertz CT molecular complexity index is 461. The molecule has 0 fully saturated rings. The first kappa shape index (κ1) is 15.6. The molecule has 1 rings (SSSR count). The van der Waals surface area contributed by atoms with Crippen molar-refractivity contribution in [2.24, 2.45) is 0 Å². The van der Waals surface area contributed by atoms with Crippen molar-refractivity contribution >= 4 is 5.78 Å². The highest BCUT2D eigenvalue weighted by Crippen LogP contribution is 2.24. The van der Waals surface area contributed by atoms with Crippen LogP contribution in [0, 0.1) is 13.8 Å². The Labute approximate surface area is 115 Å². The smallest absolute Gasteiger partial charge is 0.164 e. The first-order chi connectivity index (χ1) is 8.74. The average Bonchev–Trinajstić information content (AvgIpc) is 2.30. The molecule has 0 N–H and O–H groups in total. The minimum absolute atomic E-state index is 0.0245. The number of carbonyl (C=O) groups excluding carboxylic acids is 1. The Morgan fingerprint density at radius 2 is 1.95 bits per heavy atom. The molecule has 0 radical (unpaired) electrons. The molecule has 4 heteroatoms. The molecule has 0 aliphatic heterocycles. The lowest BCUT2D eigenvalue weighted by molar-refractivity contribution is -0.127. The van der Waals surface area contributed by atoms with Crippen LogP contribution < -0.4 is 4.74 Å². The zero-order chi connectivity index (χ0) is 14.6. The molecule has 19 heavy (non-hydrogen) atoms. The quantitative estimate of drug-likeness (QED) is 0.821. The third-order valence-electron chi connectivity index (χ3n) is 2.78. The Morgan fingerprint density at radius 3 is 2.47 bits per heavy atom. The van der Waals surface area contributed by atoms with E-state index in [1.54, 1.807) is 13.3 Å². The second-order valence-corrected chi connectivity index (χ2v) is 5.66. The van der Waals surface area contributed by atoms with E-state index in [0.29, 0.717) is 0 Å². The van der Waals surface area contributed by atoms with Crippen LogP contribution in [-0.2, 0) is 16.0 Å². The highest BCUT2D eigenvalue weighted by Gasteiger charge is 2.16. The number of aromatic nitrogens is 1. The molecule has 106 valence electrons. The zero-order valence-corrected chi connectivity index (χ0v) is 12.7. The maximum absolute atomic E-state index is 11.9. The van der Waals surface area contributed by atoms with Gasteiger partial charge in [0.05, 0.1) is 24.8 Å². The number of pyridine rings is 1. The maximum atomic E-state index is 11.9. The largest absolute Gasteiger partial charge is 0.496 e. The third-order valence-corrected chi connectivity index (χ3v) is 2.78. The average molecular weight is 265 g/mol. The van der Waals surface area contributed by atoms with E-state index in [1.165, 1.54) is 0 Å². The summed E-state index contributed by atoms with van der Waals surface area (Å²) in [5, 5.41) is 0. The van der Waals surface area contributed by atoms with Gasteiger partial charge in [0.2, 0.25) is 0 Å². The highest BCUT2D eigenvalue weighted by molar-refractivity contribution is 5.82. The molecule has 0 atom stereocenters. The van der Waals surface area contributed by atoms with E-state index in [1.807, 2.05) is 34.6 Å². The van der Waals surface area contributed by atoms with Gasteiger partial charge >= 0.3 is 0 Å². The maximum Gasteiger partial charge on any atom is 0.164 e. The summed E-state index contributed by atoms with van der Waals surface area (Å²) in [6.07, 6.45) is 2.01. The summed E-state index contributed by atoms with van der Waals surface area (Å²) in [4.78, 5) is 16.2. The molecule has 1 aromatic heterocycles. The van der Waals surface area contributed by atoms with Crippen LogP contribution in [0.2, 0.25) is 0 Å². The number of nitrogens with zero attached hydrogens (tertiary/aromatic N) is 1. The standard InChI is InChI=1S/C15H23NO3/c1-10-8-16-13(11(2)14(10)18-6)7-12(17)9-19-15(3,4)5/h8H,7,9H2,1-6H3. The monoisotopic (exact) mass is 265 g/mol. The van der Waals surface area contributed by atoms with Gasteiger partial charge in [-0.15, -0.1) is 0 Å². The number of methoxy groups -OCH3 is 1. The lowest BCUT2D eigenvalue weighted by Gasteiger charge is -2.19. The van der Waals surface area contributed by atoms with Gasteiger partial charge in [0, 0.05) is 17.3 Å². The van der Waals surface area contributed by atoms with Crippen molar-refractivity contribution in [2.75, 3.05) is 13.7 Å². The summed E-state index contributed by atoms with van der Waals surface area (Å²) in [6, 6.07) is 0. The highest BCUT2D eigenvalue weighted by atomic mass is 16.5. The molecule has 0 bridgehead atoms. The molecule has 0 aliphatic carbocycles. The fourth-order valence-electron chi connectivity index (χ4n) is 1.78. The topological polar surface area (TPSA) is 48.4 Å². The molecule has 1 aromatic rings. The molecule has 0 saturated carbocycles. The Hall–Kier alpha value is -1.42. The van der Waals surface area contributed by atoms with Gasteiger partial charge in [0.1, 0.15) is 12.4 Å². The van der Waals surface area contributed by atoms with E-state index >= 15 is 0 Å². The summed E-state index contributed by atoms with van der Waals surface area (Å²) in [7, 11) is 1.63. The molecule has 4 nitrogen and oxygen atoms in total. The number of hydrogen-bond acceptors (Lipinski definition) is 4. The van der Waals surface area contributed by atoms with E-state index in [0.717, 1.165) is 22.6 Å². The Balaban J connectivity index is 2.75. The summed E-state index contributed by atoms with van der Waals surface area (Å²) < 4.78 is 10.8. The lowest BCUT2D eigenvalue weighted by Crippen LogP contribution is -2.24. The van der Waals surface area contributed by atoms with Crippen molar-refractivity contribution in [1.82, 2.24) is 4.98 Å². The summed E-state index contributed by atoms with van der Waals surface area (Å²) in [6.45, 7) is 9.76. The predicted molar refractivity (Wildman–Crippen MR) is 74.7 cm³/mol. The molecule has 0 unspecified atom stereocenters. The minimum atomic E-state index is -0.302. The van der Waals surface area contributed by atoms with E-state index in [-0.39, 0.29) is 24.4 Å². The normalized spacial score (nSPS) is 11.5. The summed E-state index contributed by atoms with van der Waals surface area (Å²) >= 11 is 0. The van der Waals surface area contributed by atoms with Crippen LogP contribution in [0.5, 0.6) is 5.75 Å². The van der Waals surface area contributed by atoms with Crippen molar-refractivity contribution in [3.05, 3.63) is 23.0 Å². The lowest BCUT2D eigenvalue weighted by atomic mass is 10.1. The first-order valence-corrected chi connectivity index (χ1v) is 6.39. The molecular weight excluding hydrogens is 242 g/mol. The minimum Gasteiger partial charge on any atom is -0.496 e. The fourth-order valence-corrected chi connectivity index (χ4v) is 1.78. The van der Waals surface area contributed by atoms with Crippen LogP contribution >= 0.6 is 0 Å². The van der Waals surface area contributed by atoms with Gasteiger partial charge in [-0.1, -0.05) is 0 Å². The van der Waals surface area contributed by atoms with Crippen LogP contribution in [0.25, 0.3) is 0 Å². The third kappa shape index (κ3) is 4.63. The van der Waals surface area contributed by atoms with Crippen molar-refractivity contribution in [3.63, 3.8) is 0 Å². The number of rotatable bonds is 5. The van der Waals surface area contributed by atoms with Gasteiger partial charge in [0.25, 0.3) is 0 Å². The van der Waals surface area contributed by atoms with Gasteiger partial charge in [0.15, 0.2) is 5.78 Å². The Morgan fingerprint density at radius 1 is 1.32 bits per heavy atom. The second kappa shape index (κ2) is 6.15. The fraction of sp³-hybridized carbons (Fsp3) is 0.600. The van der Waals surface area contributed by atoms with Crippen LogP contribution in [0.1, 0.15) is 37.6 Å². The molecule has 1 heterocycles. The summed E-state index contributed by atoms with van der Waals surface area (Å²) in [5.41, 5.74) is 2.35. The van der Waals surface area contributed by atoms with Crippen molar-refractivity contribution in [1.29, 1.82) is 0 Å². The van der Waals surface area contributed by atoms with E-state index < -0.39 is 0 Å². The van der Waals surface area contributed by atoms with Gasteiger partial charge in [-0.2, -0.15) is 0 Å². The van der Waals surface area contributed by atoms with Gasteiger partial charge in [-0.3, -0.25) is 9.78 Å². The SMILES string of the molecule is COc1c(C)cnc(CC(=O)COC(C)(C)C)c1C. The number of carbonyl (C=O) groups is 1. The molecule has 0 saturated heterocycles. The molecule has 0 spiro atoms. The van der Waals surface area contributed by atoms with Gasteiger partial charge in [-0.25, -0.2) is 0 Å². The number of hydrogen-bond donors (Lipinski definition) is 0. The van der Waals surface area contributed by atoms with Crippen LogP contribution in [0.3, 0.4) is 0 Å².